The number of Topliss-reactive ketones (excluding diaryl/α,β-unsaturated/α-hetero) is 1. The minimum absolute atomic E-state index is 0.187. The maximum atomic E-state index is 13.2. The van der Waals surface area contributed by atoms with Crippen molar-refractivity contribution in [3.05, 3.63) is 34.1 Å². The summed E-state index contributed by atoms with van der Waals surface area (Å²) in [7, 11) is 0. The molecule has 0 spiro atoms. The molecule has 1 rings (SSSR count). The van der Waals surface area contributed by atoms with Gasteiger partial charge in [-0.2, -0.15) is 0 Å². The molecule has 1 aromatic rings. The predicted octanol–water partition coefficient (Wildman–Crippen LogP) is 2.32. The van der Waals surface area contributed by atoms with E-state index in [0.29, 0.717) is 5.56 Å². The van der Waals surface area contributed by atoms with E-state index in [9.17, 15) is 9.18 Å². The van der Waals surface area contributed by atoms with E-state index in [1.54, 1.807) is 6.92 Å². The lowest BCUT2D eigenvalue weighted by Crippen LogP contribution is -2.08. The van der Waals surface area contributed by atoms with E-state index in [1.165, 1.54) is 12.1 Å². The number of nitrogens with two attached hydrogens (primary N) is 1. The Hall–Kier alpha value is -0.930. The van der Waals surface area contributed by atoms with Crippen LogP contribution in [0.5, 0.6) is 0 Å². The van der Waals surface area contributed by atoms with Crippen molar-refractivity contribution in [1.82, 2.24) is 0 Å². The molecule has 4 heteroatoms. The van der Waals surface area contributed by atoms with Crippen LogP contribution in [0.1, 0.15) is 22.3 Å². The molecule has 2 nitrogen and oxygen atoms in total. The molecule has 0 radical (unpaired) electrons. The molecule has 0 aliphatic heterocycles. The number of ketones is 1. The third kappa shape index (κ3) is 2.30. The van der Waals surface area contributed by atoms with Gasteiger partial charge in [-0.25, -0.2) is 4.39 Å². The number of benzene rings is 1. The summed E-state index contributed by atoms with van der Waals surface area (Å²) in [6.07, 6.45) is 0.207. The average molecular weight is 216 g/mol. The topological polar surface area (TPSA) is 43.1 Å². The Kier molecular flexibility index (Phi) is 3.61. The molecule has 0 unspecified atom stereocenters. The minimum atomic E-state index is -0.460. The van der Waals surface area contributed by atoms with Gasteiger partial charge in [0.2, 0.25) is 0 Å². The Morgan fingerprint density at radius 3 is 2.71 bits per heavy atom. The fourth-order valence-electron chi connectivity index (χ4n) is 1.08. The molecule has 0 aromatic heterocycles. The van der Waals surface area contributed by atoms with E-state index in [1.807, 2.05) is 0 Å². The summed E-state index contributed by atoms with van der Waals surface area (Å²) in [5.41, 5.74) is 5.86. The van der Waals surface area contributed by atoms with Crippen LogP contribution in [0.25, 0.3) is 0 Å². The highest BCUT2D eigenvalue weighted by atomic mass is 35.5. The van der Waals surface area contributed by atoms with Crippen molar-refractivity contribution in [2.75, 3.05) is 6.54 Å². The zero-order chi connectivity index (χ0) is 10.7. The zero-order valence-electron chi connectivity index (χ0n) is 7.81. The number of hydrogen-bond acceptors (Lipinski definition) is 2. The van der Waals surface area contributed by atoms with E-state index in [-0.39, 0.29) is 29.3 Å². The Morgan fingerprint density at radius 2 is 2.21 bits per heavy atom. The molecule has 0 aliphatic rings. The van der Waals surface area contributed by atoms with Gasteiger partial charge in [-0.05, 0) is 25.6 Å². The predicted molar refractivity (Wildman–Crippen MR) is 54.1 cm³/mol. The molecule has 76 valence electrons. The number of hydrogen-bond donors (Lipinski definition) is 1. The zero-order valence-corrected chi connectivity index (χ0v) is 8.57. The van der Waals surface area contributed by atoms with Crippen molar-refractivity contribution in [1.29, 1.82) is 0 Å². The SMILES string of the molecule is Cc1c(F)cc(C(=O)CCN)cc1Cl. The van der Waals surface area contributed by atoms with Crippen LogP contribution in [0.15, 0.2) is 12.1 Å². The maximum absolute atomic E-state index is 13.2. The first kappa shape index (κ1) is 11.1. The molecule has 0 atom stereocenters. The minimum Gasteiger partial charge on any atom is -0.330 e. The molecule has 0 saturated carbocycles. The van der Waals surface area contributed by atoms with Gasteiger partial charge in [-0.3, -0.25) is 4.79 Å². The molecular formula is C10H11ClFNO. The summed E-state index contributed by atoms with van der Waals surface area (Å²) in [5, 5.41) is 0.269. The van der Waals surface area contributed by atoms with Gasteiger partial charge >= 0.3 is 0 Å². The molecule has 0 heterocycles. The van der Waals surface area contributed by atoms with Crippen LogP contribution in [0.4, 0.5) is 4.39 Å². The third-order valence-corrected chi connectivity index (χ3v) is 2.37. The van der Waals surface area contributed by atoms with Crippen LogP contribution in [0, 0.1) is 12.7 Å². The van der Waals surface area contributed by atoms with Gasteiger partial charge in [0.05, 0.1) is 0 Å². The second-order valence-electron chi connectivity index (χ2n) is 3.03. The average Bonchev–Trinajstić information content (AvgIpc) is 2.13. The van der Waals surface area contributed by atoms with Crippen LogP contribution >= 0.6 is 11.6 Å². The number of carbonyl (C=O) groups excluding carboxylic acids is 1. The molecule has 14 heavy (non-hydrogen) atoms. The molecular weight excluding hydrogens is 205 g/mol. The molecule has 0 amide bonds. The van der Waals surface area contributed by atoms with Gasteiger partial charge < -0.3 is 5.73 Å². The Bertz CT molecular complexity index is 342. The van der Waals surface area contributed by atoms with Gasteiger partial charge in [0, 0.05) is 22.6 Å². The van der Waals surface area contributed by atoms with E-state index in [2.05, 4.69) is 0 Å². The quantitative estimate of drug-likeness (QED) is 0.787. The molecule has 2 N–H and O–H groups in total. The van der Waals surface area contributed by atoms with Crippen molar-refractivity contribution in [2.45, 2.75) is 13.3 Å². The second kappa shape index (κ2) is 4.53. The van der Waals surface area contributed by atoms with Crippen molar-refractivity contribution in [3.63, 3.8) is 0 Å². The second-order valence-corrected chi connectivity index (χ2v) is 3.43. The van der Waals surface area contributed by atoms with Crippen molar-refractivity contribution in [2.24, 2.45) is 5.73 Å². The summed E-state index contributed by atoms with van der Waals surface area (Å²) in [5.74, 6) is -0.647. The smallest absolute Gasteiger partial charge is 0.164 e. The lowest BCUT2D eigenvalue weighted by molar-refractivity contribution is 0.0985. The molecule has 0 saturated heterocycles. The lowest BCUT2D eigenvalue weighted by atomic mass is 10.1. The first-order valence-electron chi connectivity index (χ1n) is 4.25. The van der Waals surface area contributed by atoms with E-state index >= 15 is 0 Å². The molecule has 0 bridgehead atoms. The van der Waals surface area contributed by atoms with Crippen LogP contribution in [0.3, 0.4) is 0 Å². The van der Waals surface area contributed by atoms with Crippen molar-refractivity contribution in [3.8, 4) is 0 Å². The summed E-state index contributed by atoms with van der Waals surface area (Å²) in [6.45, 7) is 1.82. The number of halogens is 2. The number of carbonyl (C=O) groups is 1. The first-order valence-corrected chi connectivity index (χ1v) is 4.63. The van der Waals surface area contributed by atoms with Gasteiger partial charge in [0.25, 0.3) is 0 Å². The van der Waals surface area contributed by atoms with Crippen LogP contribution in [0.2, 0.25) is 5.02 Å². The highest BCUT2D eigenvalue weighted by Gasteiger charge is 2.10. The normalized spacial score (nSPS) is 10.3. The highest BCUT2D eigenvalue weighted by molar-refractivity contribution is 6.31. The van der Waals surface area contributed by atoms with Gasteiger partial charge in [-0.15, -0.1) is 0 Å². The van der Waals surface area contributed by atoms with Gasteiger partial charge in [0.15, 0.2) is 5.78 Å². The van der Waals surface area contributed by atoms with Crippen molar-refractivity contribution < 1.29 is 9.18 Å². The van der Waals surface area contributed by atoms with E-state index in [4.69, 9.17) is 17.3 Å². The standard InChI is InChI=1S/C10H11ClFNO/c1-6-8(11)4-7(5-9(6)12)10(14)2-3-13/h4-5H,2-3,13H2,1H3. The monoisotopic (exact) mass is 215 g/mol. The molecule has 0 aliphatic carbocycles. The maximum Gasteiger partial charge on any atom is 0.164 e. The summed E-state index contributed by atoms with van der Waals surface area (Å²) in [6, 6.07) is 2.66. The third-order valence-electron chi connectivity index (χ3n) is 1.97. The Balaban J connectivity index is 3.06. The molecule has 0 fully saturated rings. The van der Waals surface area contributed by atoms with E-state index in [0.717, 1.165) is 0 Å². The largest absolute Gasteiger partial charge is 0.330 e. The van der Waals surface area contributed by atoms with Crippen LogP contribution < -0.4 is 5.73 Å². The Labute approximate surface area is 86.9 Å². The van der Waals surface area contributed by atoms with Crippen LogP contribution in [-0.2, 0) is 0 Å². The van der Waals surface area contributed by atoms with Gasteiger partial charge in [-0.1, -0.05) is 11.6 Å². The number of rotatable bonds is 3. The summed E-state index contributed by atoms with van der Waals surface area (Å²) >= 11 is 5.74. The van der Waals surface area contributed by atoms with E-state index < -0.39 is 5.82 Å². The fourth-order valence-corrected chi connectivity index (χ4v) is 1.29. The highest BCUT2D eigenvalue weighted by Crippen LogP contribution is 2.21. The lowest BCUT2D eigenvalue weighted by Gasteiger charge is -2.04. The first-order chi connectivity index (χ1) is 6.56. The fraction of sp³-hybridized carbons (Fsp3) is 0.300. The van der Waals surface area contributed by atoms with Gasteiger partial charge in [0.1, 0.15) is 5.82 Å². The van der Waals surface area contributed by atoms with Crippen molar-refractivity contribution >= 4 is 17.4 Å². The Morgan fingerprint density at radius 1 is 1.57 bits per heavy atom. The summed E-state index contributed by atoms with van der Waals surface area (Å²) < 4.78 is 13.2. The molecule has 1 aromatic carbocycles. The summed E-state index contributed by atoms with van der Waals surface area (Å²) in [4.78, 5) is 11.4. The van der Waals surface area contributed by atoms with Crippen LogP contribution in [-0.4, -0.2) is 12.3 Å².